The Balaban J connectivity index is 2.36. The Kier molecular flexibility index (Phi) is 3.52. The van der Waals surface area contributed by atoms with E-state index in [1.54, 1.807) is 18.2 Å². The molecule has 0 heterocycles. The first kappa shape index (κ1) is 12.8. The van der Waals surface area contributed by atoms with E-state index < -0.39 is 11.6 Å². The first-order chi connectivity index (χ1) is 8.45. The Morgan fingerprint density at radius 3 is 2.44 bits per heavy atom. The highest BCUT2D eigenvalue weighted by Gasteiger charge is 2.08. The zero-order valence-electron chi connectivity index (χ0n) is 9.60. The molecule has 0 saturated heterocycles. The van der Waals surface area contributed by atoms with Gasteiger partial charge < -0.3 is 11.1 Å². The predicted molar refractivity (Wildman–Crippen MR) is 72.9 cm³/mol. The van der Waals surface area contributed by atoms with Crippen LogP contribution in [0.1, 0.15) is 5.56 Å². The number of hydrogen-bond donors (Lipinski definition) is 2. The number of rotatable bonds is 2. The fourth-order valence-electron chi connectivity index (χ4n) is 1.66. The molecule has 0 aliphatic carbocycles. The predicted octanol–water partition coefficient (Wildman–Crippen LogP) is 4.36. The Bertz CT molecular complexity index is 580. The summed E-state index contributed by atoms with van der Waals surface area (Å²) in [7, 11) is 0. The maximum atomic E-state index is 13.6. The summed E-state index contributed by atoms with van der Waals surface area (Å²) < 4.78 is 27.1. The van der Waals surface area contributed by atoms with E-state index in [4.69, 9.17) is 5.73 Å². The lowest BCUT2D eigenvalue weighted by atomic mass is 10.2. The maximum Gasteiger partial charge on any atom is 0.147 e. The van der Waals surface area contributed by atoms with Crippen LogP contribution in [-0.4, -0.2) is 0 Å². The van der Waals surface area contributed by atoms with E-state index >= 15 is 0 Å². The number of nitrogens with one attached hydrogen (secondary N) is 1. The molecule has 0 saturated carbocycles. The van der Waals surface area contributed by atoms with Gasteiger partial charge in [-0.2, -0.15) is 0 Å². The van der Waals surface area contributed by atoms with Gasteiger partial charge in [0.1, 0.15) is 11.6 Å². The van der Waals surface area contributed by atoms with E-state index in [1.807, 2.05) is 6.92 Å². The van der Waals surface area contributed by atoms with Gasteiger partial charge >= 0.3 is 0 Å². The van der Waals surface area contributed by atoms with Crippen molar-refractivity contribution in [3.8, 4) is 0 Å². The van der Waals surface area contributed by atoms with Crippen LogP contribution in [0.2, 0.25) is 0 Å². The van der Waals surface area contributed by atoms with Crippen LogP contribution in [0.25, 0.3) is 0 Å². The third-order valence-corrected chi connectivity index (χ3v) is 3.00. The highest BCUT2D eigenvalue weighted by molar-refractivity contribution is 9.10. The Morgan fingerprint density at radius 2 is 1.78 bits per heavy atom. The average Bonchev–Trinajstić information content (AvgIpc) is 2.24. The number of aryl methyl sites for hydroxylation is 1. The molecular weight excluding hydrogens is 302 g/mol. The van der Waals surface area contributed by atoms with Crippen molar-refractivity contribution in [3.63, 3.8) is 0 Å². The summed E-state index contributed by atoms with van der Waals surface area (Å²) in [6.07, 6.45) is 0. The van der Waals surface area contributed by atoms with E-state index in [0.717, 1.165) is 17.7 Å². The first-order valence-corrected chi connectivity index (χ1v) is 6.04. The molecule has 2 aromatic rings. The minimum atomic E-state index is -0.539. The lowest BCUT2D eigenvalue weighted by Crippen LogP contribution is -1.97. The lowest BCUT2D eigenvalue weighted by molar-refractivity contribution is 0.598. The van der Waals surface area contributed by atoms with Crippen molar-refractivity contribution in [1.82, 2.24) is 0 Å². The van der Waals surface area contributed by atoms with Gasteiger partial charge in [0.05, 0.1) is 10.2 Å². The fraction of sp³-hybridized carbons (Fsp3) is 0.0769. The van der Waals surface area contributed by atoms with Crippen molar-refractivity contribution in [2.45, 2.75) is 6.92 Å². The molecule has 0 aliphatic rings. The minimum Gasteiger partial charge on any atom is -0.399 e. The van der Waals surface area contributed by atoms with Crippen LogP contribution in [-0.2, 0) is 0 Å². The summed E-state index contributed by atoms with van der Waals surface area (Å²) in [4.78, 5) is 0. The van der Waals surface area contributed by atoms with Crippen LogP contribution >= 0.6 is 15.9 Å². The number of nitrogens with two attached hydrogens (primary N) is 1. The smallest absolute Gasteiger partial charge is 0.147 e. The van der Waals surface area contributed by atoms with Crippen molar-refractivity contribution in [1.29, 1.82) is 0 Å². The van der Waals surface area contributed by atoms with Crippen molar-refractivity contribution < 1.29 is 8.78 Å². The van der Waals surface area contributed by atoms with Crippen LogP contribution in [0.4, 0.5) is 25.8 Å². The van der Waals surface area contributed by atoms with Gasteiger partial charge in [-0.25, -0.2) is 8.78 Å². The fourth-order valence-corrected chi connectivity index (χ4v) is 1.97. The molecule has 0 spiro atoms. The van der Waals surface area contributed by atoms with E-state index in [1.165, 1.54) is 0 Å². The molecule has 0 amide bonds. The standard InChI is InChI=1S/C13H11BrF2N2/c1-7-2-8(17)4-9(3-7)18-13-6-11(15)10(14)5-12(13)16/h2-6,18H,17H2,1H3. The van der Waals surface area contributed by atoms with Gasteiger partial charge in [0.15, 0.2) is 0 Å². The van der Waals surface area contributed by atoms with Crippen molar-refractivity contribution in [2.24, 2.45) is 0 Å². The molecule has 2 aromatic carbocycles. The van der Waals surface area contributed by atoms with Gasteiger partial charge in [0, 0.05) is 17.4 Å². The van der Waals surface area contributed by atoms with Gasteiger partial charge in [-0.15, -0.1) is 0 Å². The molecule has 0 aliphatic heterocycles. The summed E-state index contributed by atoms with van der Waals surface area (Å²) >= 11 is 2.93. The summed E-state index contributed by atoms with van der Waals surface area (Å²) in [6.45, 7) is 1.88. The summed E-state index contributed by atoms with van der Waals surface area (Å²) in [5.41, 5.74) is 7.88. The Morgan fingerprint density at radius 1 is 1.06 bits per heavy atom. The molecule has 0 radical (unpaired) electrons. The van der Waals surface area contributed by atoms with Gasteiger partial charge in [-0.3, -0.25) is 0 Å². The molecule has 2 rings (SSSR count). The molecule has 2 nitrogen and oxygen atoms in total. The lowest BCUT2D eigenvalue weighted by Gasteiger charge is -2.10. The van der Waals surface area contributed by atoms with E-state index in [2.05, 4.69) is 21.2 Å². The third kappa shape index (κ3) is 2.79. The zero-order chi connectivity index (χ0) is 13.3. The monoisotopic (exact) mass is 312 g/mol. The van der Waals surface area contributed by atoms with Crippen molar-refractivity contribution in [2.75, 3.05) is 11.1 Å². The number of hydrogen-bond acceptors (Lipinski definition) is 2. The van der Waals surface area contributed by atoms with Crippen LogP contribution in [0.15, 0.2) is 34.8 Å². The van der Waals surface area contributed by atoms with Gasteiger partial charge in [0.2, 0.25) is 0 Å². The summed E-state index contributed by atoms with van der Waals surface area (Å²) in [5.74, 6) is -1.07. The van der Waals surface area contributed by atoms with Crippen molar-refractivity contribution in [3.05, 3.63) is 52.0 Å². The molecular formula is C13H11BrF2N2. The second-order valence-corrected chi connectivity index (χ2v) is 4.86. The van der Waals surface area contributed by atoms with Crippen LogP contribution in [0.3, 0.4) is 0 Å². The molecule has 94 valence electrons. The number of benzene rings is 2. The highest BCUT2D eigenvalue weighted by Crippen LogP contribution is 2.27. The molecule has 3 N–H and O–H groups in total. The van der Waals surface area contributed by atoms with Gasteiger partial charge in [-0.05, 0) is 52.7 Å². The Labute approximate surface area is 112 Å². The second-order valence-electron chi connectivity index (χ2n) is 4.00. The average molecular weight is 313 g/mol. The van der Waals surface area contributed by atoms with Crippen molar-refractivity contribution >= 4 is 33.0 Å². The highest BCUT2D eigenvalue weighted by atomic mass is 79.9. The van der Waals surface area contributed by atoms with Gasteiger partial charge in [-0.1, -0.05) is 0 Å². The van der Waals surface area contributed by atoms with Crippen LogP contribution in [0, 0.1) is 18.6 Å². The molecule has 0 bridgehead atoms. The summed E-state index contributed by atoms with van der Waals surface area (Å²) in [6, 6.07) is 7.43. The quantitative estimate of drug-likeness (QED) is 0.638. The molecule has 5 heteroatoms. The molecule has 0 aromatic heterocycles. The van der Waals surface area contributed by atoms with Gasteiger partial charge in [0.25, 0.3) is 0 Å². The summed E-state index contributed by atoms with van der Waals surface area (Å²) in [5, 5.41) is 2.81. The van der Waals surface area contributed by atoms with E-state index in [-0.39, 0.29) is 10.2 Å². The third-order valence-electron chi connectivity index (χ3n) is 2.39. The molecule has 0 atom stereocenters. The SMILES string of the molecule is Cc1cc(N)cc(Nc2cc(F)c(Br)cc2F)c1. The minimum absolute atomic E-state index is 0.0701. The molecule has 0 unspecified atom stereocenters. The second kappa shape index (κ2) is 4.94. The Hall–Kier alpha value is -1.62. The molecule has 0 fully saturated rings. The molecule has 18 heavy (non-hydrogen) atoms. The number of nitrogen functional groups attached to an aromatic ring is 1. The van der Waals surface area contributed by atoms with E-state index in [9.17, 15) is 8.78 Å². The zero-order valence-corrected chi connectivity index (χ0v) is 11.2. The van der Waals surface area contributed by atoms with Crippen LogP contribution in [0.5, 0.6) is 0 Å². The number of halogens is 3. The first-order valence-electron chi connectivity index (χ1n) is 5.24. The topological polar surface area (TPSA) is 38.0 Å². The normalized spacial score (nSPS) is 10.4. The maximum absolute atomic E-state index is 13.6. The van der Waals surface area contributed by atoms with E-state index in [0.29, 0.717) is 11.4 Å². The number of anilines is 3. The largest absolute Gasteiger partial charge is 0.399 e. The van der Waals surface area contributed by atoms with Crippen LogP contribution < -0.4 is 11.1 Å².